The molecule has 1 aliphatic heterocycles. The fourth-order valence-corrected chi connectivity index (χ4v) is 4.77. The lowest BCUT2D eigenvalue weighted by atomic mass is 10.2. The van der Waals surface area contributed by atoms with E-state index in [4.69, 9.17) is 0 Å². The normalized spacial score (nSPS) is 14.9. The van der Waals surface area contributed by atoms with E-state index in [1.807, 2.05) is 22.4 Å². The zero-order chi connectivity index (χ0) is 17.1. The number of piperazine rings is 1. The Balaban J connectivity index is 1.51. The molecule has 3 amide bonds. The van der Waals surface area contributed by atoms with Crippen LogP contribution in [0, 0.1) is 0 Å². The average Bonchev–Trinajstić information content (AvgIpc) is 3.15. The Hall–Kier alpha value is -1.93. The van der Waals surface area contributed by atoms with Crippen LogP contribution in [0.15, 0.2) is 17.5 Å². The molecule has 3 rings (SSSR count). The summed E-state index contributed by atoms with van der Waals surface area (Å²) >= 11 is 3.17. The molecule has 8 heteroatoms. The van der Waals surface area contributed by atoms with Crippen LogP contribution in [0.25, 0.3) is 9.40 Å². The van der Waals surface area contributed by atoms with Crippen LogP contribution >= 0.6 is 22.7 Å². The van der Waals surface area contributed by atoms with E-state index >= 15 is 0 Å². The number of rotatable bonds is 4. The summed E-state index contributed by atoms with van der Waals surface area (Å²) in [5.74, 6) is -0.0599. The van der Waals surface area contributed by atoms with Crippen molar-refractivity contribution in [1.82, 2.24) is 15.1 Å². The molecule has 0 aromatic carbocycles. The van der Waals surface area contributed by atoms with Gasteiger partial charge in [-0.15, -0.1) is 22.7 Å². The number of nitrogens with one attached hydrogen (secondary N) is 1. The maximum absolute atomic E-state index is 12.6. The van der Waals surface area contributed by atoms with Crippen LogP contribution in [-0.4, -0.2) is 60.2 Å². The van der Waals surface area contributed by atoms with Gasteiger partial charge in [0.25, 0.3) is 5.91 Å². The van der Waals surface area contributed by atoms with E-state index in [0.29, 0.717) is 39.1 Å². The summed E-state index contributed by atoms with van der Waals surface area (Å²) in [5, 5.41) is 4.65. The third-order valence-corrected chi connectivity index (χ3v) is 6.06. The van der Waals surface area contributed by atoms with Crippen molar-refractivity contribution < 1.29 is 14.4 Å². The summed E-state index contributed by atoms with van der Waals surface area (Å²) in [7, 11) is 0. The van der Waals surface area contributed by atoms with Crippen molar-refractivity contribution in [3.63, 3.8) is 0 Å². The third kappa shape index (κ3) is 3.76. The van der Waals surface area contributed by atoms with Gasteiger partial charge in [-0.25, -0.2) is 0 Å². The molecule has 128 valence electrons. The van der Waals surface area contributed by atoms with Gasteiger partial charge < -0.3 is 15.1 Å². The second-order valence-corrected chi connectivity index (χ2v) is 7.70. The maximum Gasteiger partial charge on any atom is 0.264 e. The van der Waals surface area contributed by atoms with Crippen LogP contribution in [0.4, 0.5) is 0 Å². The van der Waals surface area contributed by atoms with E-state index in [1.54, 1.807) is 16.2 Å². The van der Waals surface area contributed by atoms with Gasteiger partial charge in [-0.2, -0.15) is 0 Å². The predicted octanol–water partition coefficient (Wildman–Crippen LogP) is 1.77. The molecule has 0 spiro atoms. The lowest BCUT2D eigenvalue weighted by molar-refractivity contribution is -0.132. The first-order chi connectivity index (χ1) is 11.5. The van der Waals surface area contributed by atoms with E-state index in [-0.39, 0.29) is 17.7 Å². The summed E-state index contributed by atoms with van der Waals surface area (Å²) < 4.78 is 2.30. The SMILES string of the molecule is CC(=O)NCCC(=O)N1CCN(C(=O)c2cc3sccc3s2)CC1. The van der Waals surface area contributed by atoms with Crippen LogP contribution in [0.5, 0.6) is 0 Å². The highest BCUT2D eigenvalue weighted by Crippen LogP contribution is 2.30. The molecule has 1 aliphatic rings. The first kappa shape index (κ1) is 16.9. The number of amides is 3. The van der Waals surface area contributed by atoms with Gasteiger partial charge in [0.1, 0.15) is 0 Å². The Morgan fingerprint density at radius 3 is 2.50 bits per heavy atom. The number of carbonyl (C=O) groups is 3. The van der Waals surface area contributed by atoms with Crippen molar-refractivity contribution in [2.75, 3.05) is 32.7 Å². The first-order valence-corrected chi connectivity index (χ1v) is 9.53. The molecule has 3 heterocycles. The highest BCUT2D eigenvalue weighted by Gasteiger charge is 2.25. The second-order valence-electron chi connectivity index (χ2n) is 5.67. The summed E-state index contributed by atoms with van der Waals surface area (Å²) in [6.07, 6.45) is 0.300. The molecule has 6 nitrogen and oxygen atoms in total. The highest BCUT2D eigenvalue weighted by atomic mass is 32.1. The molecule has 1 saturated heterocycles. The quantitative estimate of drug-likeness (QED) is 0.898. The van der Waals surface area contributed by atoms with Gasteiger partial charge in [0.15, 0.2) is 0 Å². The molecular weight excluding hydrogens is 346 g/mol. The maximum atomic E-state index is 12.6. The monoisotopic (exact) mass is 365 g/mol. The molecule has 1 fully saturated rings. The fourth-order valence-electron chi connectivity index (χ4n) is 2.69. The number of hydrogen-bond donors (Lipinski definition) is 1. The number of thiophene rings is 2. The van der Waals surface area contributed by atoms with Crippen molar-refractivity contribution in [1.29, 1.82) is 0 Å². The van der Waals surface area contributed by atoms with Crippen LogP contribution in [-0.2, 0) is 9.59 Å². The van der Waals surface area contributed by atoms with Crippen molar-refractivity contribution in [2.24, 2.45) is 0 Å². The number of nitrogens with zero attached hydrogens (tertiary/aromatic N) is 2. The van der Waals surface area contributed by atoms with Gasteiger partial charge in [0.05, 0.1) is 4.88 Å². The molecule has 2 aromatic rings. The lowest BCUT2D eigenvalue weighted by Crippen LogP contribution is -2.50. The summed E-state index contributed by atoms with van der Waals surface area (Å²) in [4.78, 5) is 39.8. The molecular formula is C16H19N3O3S2. The molecule has 1 N–H and O–H groups in total. The minimum absolute atomic E-state index is 0.0208. The van der Waals surface area contributed by atoms with E-state index in [2.05, 4.69) is 5.32 Å². The van der Waals surface area contributed by atoms with Crippen LogP contribution in [0.3, 0.4) is 0 Å². The Morgan fingerprint density at radius 1 is 1.12 bits per heavy atom. The predicted molar refractivity (Wildman–Crippen MR) is 95.5 cm³/mol. The number of carbonyl (C=O) groups excluding carboxylic acids is 3. The average molecular weight is 365 g/mol. The third-order valence-electron chi connectivity index (χ3n) is 3.98. The van der Waals surface area contributed by atoms with Gasteiger partial charge in [0.2, 0.25) is 11.8 Å². The van der Waals surface area contributed by atoms with Crippen molar-refractivity contribution in [2.45, 2.75) is 13.3 Å². The Kier molecular flexibility index (Phi) is 5.15. The summed E-state index contributed by atoms with van der Waals surface area (Å²) in [6, 6.07) is 3.99. The second kappa shape index (κ2) is 7.31. The first-order valence-electron chi connectivity index (χ1n) is 7.83. The molecule has 0 saturated carbocycles. The van der Waals surface area contributed by atoms with Crippen molar-refractivity contribution >= 4 is 49.8 Å². The van der Waals surface area contributed by atoms with Gasteiger partial charge in [-0.1, -0.05) is 0 Å². The minimum Gasteiger partial charge on any atom is -0.356 e. The topological polar surface area (TPSA) is 69.7 Å². The van der Waals surface area contributed by atoms with Gasteiger partial charge in [0, 0.05) is 55.5 Å². The highest BCUT2D eigenvalue weighted by molar-refractivity contribution is 7.27. The van der Waals surface area contributed by atoms with Gasteiger partial charge in [-0.3, -0.25) is 14.4 Å². The Labute approximate surface area is 148 Å². The number of hydrogen-bond acceptors (Lipinski definition) is 5. The Morgan fingerprint density at radius 2 is 1.83 bits per heavy atom. The van der Waals surface area contributed by atoms with Gasteiger partial charge >= 0.3 is 0 Å². The van der Waals surface area contributed by atoms with Gasteiger partial charge in [-0.05, 0) is 17.5 Å². The largest absolute Gasteiger partial charge is 0.356 e. The smallest absolute Gasteiger partial charge is 0.264 e. The fraction of sp³-hybridized carbons (Fsp3) is 0.438. The van der Waals surface area contributed by atoms with E-state index in [9.17, 15) is 14.4 Å². The Bertz CT molecular complexity index is 731. The molecule has 0 aliphatic carbocycles. The van der Waals surface area contributed by atoms with E-state index < -0.39 is 0 Å². The molecule has 24 heavy (non-hydrogen) atoms. The molecule has 0 radical (unpaired) electrons. The zero-order valence-electron chi connectivity index (χ0n) is 13.4. The molecule has 0 unspecified atom stereocenters. The van der Waals surface area contributed by atoms with Crippen LogP contribution < -0.4 is 5.32 Å². The van der Waals surface area contributed by atoms with Crippen LogP contribution in [0.2, 0.25) is 0 Å². The van der Waals surface area contributed by atoms with Crippen molar-refractivity contribution in [3.8, 4) is 0 Å². The van der Waals surface area contributed by atoms with E-state index in [0.717, 1.165) is 14.3 Å². The standard InChI is InChI=1S/C16H19N3O3S2/c1-11(20)17-4-2-15(21)18-5-7-19(8-6-18)16(22)14-10-13-12(24-14)3-9-23-13/h3,9-10H,2,4-8H2,1H3,(H,17,20). The lowest BCUT2D eigenvalue weighted by Gasteiger charge is -2.34. The summed E-state index contributed by atoms with van der Waals surface area (Å²) in [6.45, 7) is 3.99. The van der Waals surface area contributed by atoms with E-state index in [1.165, 1.54) is 18.3 Å². The molecule has 0 bridgehead atoms. The zero-order valence-corrected chi connectivity index (χ0v) is 15.0. The minimum atomic E-state index is -0.130. The summed E-state index contributed by atoms with van der Waals surface area (Å²) in [5.41, 5.74) is 0. The molecule has 0 atom stereocenters. The number of fused-ring (bicyclic) bond motifs is 1. The van der Waals surface area contributed by atoms with Crippen molar-refractivity contribution in [3.05, 3.63) is 22.4 Å². The van der Waals surface area contributed by atoms with Crippen LogP contribution in [0.1, 0.15) is 23.0 Å². The molecule has 2 aromatic heterocycles.